The summed E-state index contributed by atoms with van der Waals surface area (Å²) >= 11 is 0. The molecule has 1 amide bonds. The van der Waals surface area contributed by atoms with Crippen LogP contribution in [0.1, 0.15) is 5.56 Å². The van der Waals surface area contributed by atoms with Crippen molar-refractivity contribution >= 4 is 18.3 Å². The zero-order valence-corrected chi connectivity index (χ0v) is 15.8. The minimum absolute atomic E-state index is 0. The number of nitrogens with one attached hydrogen (secondary N) is 1. The van der Waals surface area contributed by atoms with Gasteiger partial charge in [-0.15, -0.1) is 12.4 Å². The largest absolute Gasteiger partial charge is 0.496 e. The van der Waals surface area contributed by atoms with Crippen molar-refractivity contribution < 1.29 is 9.53 Å². The Labute approximate surface area is 156 Å². The molecule has 0 spiro atoms. The van der Waals surface area contributed by atoms with Crippen LogP contribution >= 0.6 is 12.4 Å². The molecule has 2 aliphatic heterocycles. The number of piperazine rings is 2. The van der Waals surface area contributed by atoms with Crippen molar-refractivity contribution in [1.29, 1.82) is 0 Å². The van der Waals surface area contributed by atoms with E-state index in [9.17, 15) is 4.79 Å². The van der Waals surface area contributed by atoms with E-state index in [1.54, 1.807) is 7.11 Å². The van der Waals surface area contributed by atoms with Crippen LogP contribution < -0.4 is 10.1 Å². The standard InChI is InChI=1S/C18H28N4O2.ClH/c1-24-17-5-3-2-4-16(17)14-21-10-12-22(13-11-21)18(23)15-20-8-6-19-7-9-20;/h2-5,19H,6-15H2,1H3;1H. The summed E-state index contributed by atoms with van der Waals surface area (Å²) < 4.78 is 5.43. The Kier molecular flexibility index (Phi) is 7.96. The van der Waals surface area contributed by atoms with Gasteiger partial charge in [-0.1, -0.05) is 18.2 Å². The topological polar surface area (TPSA) is 48.1 Å². The number of para-hydroxylation sites is 1. The number of nitrogens with zero attached hydrogens (tertiary/aromatic N) is 3. The van der Waals surface area contributed by atoms with Gasteiger partial charge >= 0.3 is 0 Å². The third-order valence-corrected chi connectivity index (χ3v) is 4.88. The average Bonchev–Trinajstić information content (AvgIpc) is 2.63. The molecule has 0 radical (unpaired) electrons. The van der Waals surface area contributed by atoms with Gasteiger partial charge < -0.3 is 15.0 Å². The molecule has 2 heterocycles. The summed E-state index contributed by atoms with van der Waals surface area (Å²) in [5.41, 5.74) is 1.21. The number of rotatable bonds is 5. The summed E-state index contributed by atoms with van der Waals surface area (Å²) in [6.45, 7) is 8.84. The molecule has 1 N–H and O–H groups in total. The van der Waals surface area contributed by atoms with Crippen LogP contribution in [0.15, 0.2) is 24.3 Å². The predicted molar refractivity (Wildman–Crippen MR) is 101 cm³/mol. The van der Waals surface area contributed by atoms with Crippen LogP contribution in [0.2, 0.25) is 0 Å². The highest BCUT2D eigenvalue weighted by atomic mass is 35.5. The van der Waals surface area contributed by atoms with E-state index in [1.165, 1.54) is 5.56 Å². The van der Waals surface area contributed by atoms with Crippen LogP contribution in [0.5, 0.6) is 5.75 Å². The van der Waals surface area contributed by atoms with Crippen LogP contribution in [0.3, 0.4) is 0 Å². The highest BCUT2D eigenvalue weighted by molar-refractivity contribution is 5.85. The molecule has 7 heteroatoms. The molecular formula is C18H29ClN4O2. The summed E-state index contributed by atoms with van der Waals surface area (Å²) in [6.07, 6.45) is 0. The maximum atomic E-state index is 12.5. The molecule has 0 atom stereocenters. The van der Waals surface area contributed by atoms with Gasteiger partial charge in [0.25, 0.3) is 0 Å². The maximum absolute atomic E-state index is 12.5. The molecule has 2 saturated heterocycles. The number of carbonyl (C=O) groups is 1. The molecule has 1 aromatic carbocycles. The summed E-state index contributed by atoms with van der Waals surface area (Å²) in [5.74, 6) is 1.21. The Morgan fingerprint density at radius 3 is 2.40 bits per heavy atom. The zero-order chi connectivity index (χ0) is 16.8. The number of ether oxygens (including phenoxy) is 1. The van der Waals surface area contributed by atoms with Gasteiger partial charge in [0.2, 0.25) is 5.91 Å². The number of hydrogen-bond donors (Lipinski definition) is 1. The molecule has 0 bridgehead atoms. The number of halogens is 1. The van der Waals surface area contributed by atoms with E-state index in [-0.39, 0.29) is 18.3 Å². The molecule has 0 unspecified atom stereocenters. The summed E-state index contributed by atoms with van der Waals surface area (Å²) in [5, 5.41) is 3.32. The zero-order valence-electron chi connectivity index (χ0n) is 14.9. The van der Waals surface area contributed by atoms with Gasteiger partial charge in [0.05, 0.1) is 13.7 Å². The van der Waals surface area contributed by atoms with E-state index in [1.807, 2.05) is 23.1 Å². The summed E-state index contributed by atoms with van der Waals surface area (Å²) in [6, 6.07) is 8.16. The summed E-state index contributed by atoms with van der Waals surface area (Å²) in [4.78, 5) is 19.1. The molecule has 3 rings (SSSR count). The quantitative estimate of drug-likeness (QED) is 0.827. The number of hydrogen-bond acceptors (Lipinski definition) is 5. The van der Waals surface area contributed by atoms with Gasteiger partial charge in [-0.3, -0.25) is 14.6 Å². The molecule has 2 aliphatic rings. The van der Waals surface area contributed by atoms with E-state index in [0.29, 0.717) is 6.54 Å². The minimum Gasteiger partial charge on any atom is -0.496 e. The van der Waals surface area contributed by atoms with E-state index < -0.39 is 0 Å². The lowest BCUT2D eigenvalue weighted by Gasteiger charge is -2.36. The van der Waals surface area contributed by atoms with Crippen molar-refractivity contribution in [2.45, 2.75) is 6.54 Å². The smallest absolute Gasteiger partial charge is 0.236 e. The molecule has 2 fully saturated rings. The van der Waals surface area contributed by atoms with Gasteiger partial charge in [0.15, 0.2) is 0 Å². The van der Waals surface area contributed by atoms with Gasteiger partial charge in [0, 0.05) is 64.5 Å². The first kappa shape index (κ1) is 20.0. The van der Waals surface area contributed by atoms with Gasteiger partial charge in [-0.25, -0.2) is 0 Å². The third-order valence-electron chi connectivity index (χ3n) is 4.88. The van der Waals surface area contributed by atoms with Crippen LogP contribution in [0.4, 0.5) is 0 Å². The predicted octanol–water partition coefficient (Wildman–Crippen LogP) is 0.666. The molecule has 25 heavy (non-hydrogen) atoms. The second kappa shape index (κ2) is 9.97. The van der Waals surface area contributed by atoms with Crippen LogP contribution in [0.25, 0.3) is 0 Å². The Morgan fingerprint density at radius 1 is 1.04 bits per heavy atom. The van der Waals surface area contributed by atoms with Crippen LogP contribution in [-0.4, -0.2) is 86.6 Å². The Balaban J connectivity index is 0.00000225. The highest BCUT2D eigenvalue weighted by Gasteiger charge is 2.23. The first-order chi connectivity index (χ1) is 11.8. The summed E-state index contributed by atoms with van der Waals surface area (Å²) in [7, 11) is 1.71. The number of benzene rings is 1. The number of amides is 1. The second-order valence-electron chi connectivity index (χ2n) is 6.49. The first-order valence-electron chi connectivity index (χ1n) is 8.81. The Morgan fingerprint density at radius 2 is 1.72 bits per heavy atom. The number of carbonyl (C=O) groups excluding carboxylic acids is 1. The van der Waals surface area contributed by atoms with Crippen molar-refractivity contribution in [2.24, 2.45) is 0 Å². The van der Waals surface area contributed by atoms with Crippen molar-refractivity contribution in [3.05, 3.63) is 29.8 Å². The number of methoxy groups -OCH3 is 1. The fraction of sp³-hybridized carbons (Fsp3) is 0.611. The van der Waals surface area contributed by atoms with Crippen LogP contribution in [0, 0.1) is 0 Å². The Hall–Kier alpha value is -1.34. The van der Waals surface area contributed by atoms with Crippen molar-refractivity contribution in [1.82, 2.24) is 20.0 Å². The molecule has 0 aliphatic carbocycles. The fourth-order valence-corrected chi connectivity index (χ4v) is 3.39. The molecule has 0 saturated carbocycles. The van der Waals surface area contributed by atoms with Gasteiger partial charge in [0.1, 0.15) is 5.75 Å². The van der Waals surface area contributed by atoms with E-state index in [4.69, 9.17) is 4.74 Å². The SMILES string of the molecule is COc1ccccc1CN1CCN(C(=O)CN2CCNCC2)CC1.Cl. The third kappa shape index (κ3) is 5.57. The molecule has 140 valence electrons. The Bertz CT molecular complexity index is 544. The molecule has 0 aromatic heterocycles. The maximum Gasteiger partial charge on any atom is 0.236 e. The van der Waals surface area contributed by atoms with Gasteiger partial charge in [-0.05, 0) is 6.07 Å². The fourth-order valence-electron chi connectivity index (χ4n) is 3.39. The lowest BCUT2D eigenvalue weighted by molar-refractivity contribution is -0.134. The normalized spacial score (nSPS) is 19.3. The van der Waals surface area contributed by atoms with E-state index in [2.05, 4.69) is 21.2 Å². The van der Waals surface area contributed by atoms with Crippen molar-refractivity contribution in [3.63, 3.8) is 0 Å². The second-order valence-corrected chi connectivity index (χ2v) is 6.49. The van der Waals surface area contributed by atoms with Crippen LogP contribution in [-0.2, 0) is 11.3 Å². The first-order valence-corrected chi connectivity index (χ1v) is 8.81. The lowest BCUT2D eigenvalue weighted by atomic mass is 10.1. The van der Waals surface area contributed by atoms with E-state index >= 15 is 0 Å². The van der Waals surface area contributed by atoms with Crippen molar-refractivity contribution in [3.8, 4) is 5.75 Å². The molecule has 1 aromatic rings. The van der Waals surface area contributed by atoms with Gasteiger partial charge in [-0.2, -0.15) is 0 Å². The van der Waals surface area contributed by atoms with E-state index in [0.717, 1.165) is 64.7 Å². The minimum atomic E-state index is 0. The molecular weight excluding hydrogens is 340 g/mol. The lowest BCUT2D eigenvalue weighted by Crippen LogP contribution is -2.53. The molecule has 6 nitrogen and oxygen atoms in total. The van der Waals surface area contributed by atoms with Crippen molar-refractivity contribution in [2.75, 3.05) is 66.0 Å². The average molecular weight is 369 g/mol. The monoisotopic (exact) mass is 368 g/mol. The highest BCUT2D eigenvalue weighted by Crippen LogP contribution is 2.20.